The molecule has 3 atom stereocenters. The van der Waals surface area contributed by atoms with Crippen molar-refractivity contribution in [2.45, 2.75) is 70.1 Å². The molecule has 0 aliphatic carbocycles. The number of halogens is 4. The number of nitrogen functional groups attached to an aromatic ring is 1. The summed E-state index contributed by atoms with van der Waals surface area (Å²) in [5.74, 6) is -2.60. The van der Waals surface area contributed by atoms with E-state index in [2.05, 4.69) is 10.1 Å². The smallest absolute Gasteiger partial charge is 0.406 e. The minimum absolute atomic E-state index is 0.0218. The molecule has 3 aromatic rings. The van der Waals surface area contributed by atoms with E-state index in [0.717, 1.165) is 31.8 Å². The molecule has 0 unspecified atom stereocenters. The summed E-state index contributed by atoms with van der Waals surface area (Å²) in [5.41, 5.74) is 6.87. The van der Waals surface area contributed by atoms with Gasteiger partial charge in [0.2, 0.25) is 15.9 Å². The standard InChI is InChI=1S/C36H43ClF3N5O7S/c1-22(2)18-43(53(50,51)27-13-14-28(37)29(41)17-27)20-31(46)30(16-24-9-6-5-7-10-24)42-34(48)33(23(3)4)45-21-32(47)44(35(45)49)19-25-11-8-12-26(15-25)52-36(38,39)40/h5-15,17,22-23,30-31,33,46H,16,18-21,41H2,1-4H3,(H,42,48)/t30-,31-,33-/m0/s1. The fourth-order valence-corrected chi connectivity index (χ4v) is 7.80. The Morgan fingerprint density at radius 1 is 1.00 bits per heavy atom. The molecule has 53 heavy (non-hydrogen) atoms. The molecule has 0 spiro atoms. The fraction of sp³-hybridized carbons (Fsp3) is 0.417. The van der Waals surface area contributed by atoms with Crippen molar-refractivity contribution < 1.29 is 45.8 Å². The first-order valence-corrected chi connectivity index (χ1v) is 18.6. The highest BCUT2D eigenvalue weighted by molar-refractivity contribution is 7.89. The first-order valence-electron chi connectivity index (χ1n) is 16.8. The number of carbonyl (C=O) groups is 3. The minimum atomic E-state index is -4.94. The molecule has 4 N–H and O–H groups in total. The number of anilines is 1. The molecule has 4 rings (SSSR count). The second kappa shape index (κ2) is 17.2. The van der Waals surface area contributed by atoms with Crippen molar-refractivity contribution in [1.82, 2.24) is 19.4 Å². The molecule has 288 valence electrons. The van der Waals surface area contributed by atoms with Crippen molar-refractivity contribution in [3.8, 4) is 5.75 Å². The van der Waals surface area contributed by atoms with Gasteiger partial charge in [0, 0.05) is 13.1 Å². The molecule has 1 aliphatic heterocycles. The normalized spacial score (nSPS) is 15.7. The highest BCUT2D eigenvalue weighted by Gasteiger charge is 2.44. The van der Waals surface area contributed by atoms with E-state index < -0.39 is 77.2 Å². The van der Waals surface area contributed by atoms with Gasteiger partial charge >= 0.3 is 12.4 Å². The van der Waals surface area contributed by atoms with Gasteiger partial charge in [-0.1, -0.05) is 81.8 Å². The number of alkyl halides is 3. The lowest BCUT2D eigenvalue weighted by Crippen LogP contribution is -2.57. The summed E-state index contributed by atoms with van der Waals surface area (Å²) in [5, 5.41) is 14.7. The Kier molecular flexibility index (Phi) is 13.4. The molecular weight excluding hydrogens is 739 g/mol. The molecule has 1 saturated heterocycles. The summed E-state index contributed by atoms with van der Waals surface area (Å²) in [6.45, 7) is 5.71. The lowest BCUT2D eigenvalue weighted by Gasteiger charge is -2.34. The fourth-order valence-electron chi connectivity index (χ4n) is 6.03. The van der Waals surface area contributed by atoms with E-state index in [-0.39, 0.29) is 46.6 Å². The maximum Gasteiger partial charge on any atom is 0.573 e. The van der Waals surface area contributed by atoms with Crippen molar-refractivity contribution in [3.63, 3.8) is 0 Å². The number of rotatable bonds is 16. The van der Waals surface area contributed by atoms with Crippen LogP contribution in [0.25, 0.3) is 0 Å². The first-order chi connectivity index (χ1) is 24.8. The van der Waals surface area contributed by atoms with E-state index in [0.29, 0.717) is 0 Å². The second-order valence-electron chi connectivity index (χ2n) is 13.5. The molecule has 3 aromatic carbocycles. The monoisotopic (exact) mass is 781 g/mol. The Morgan fingerprint density at radius 2 is 1.66 bits per heavy atom. The summed E-state index contributed by atoms with van der Waals surface area (Å²) in [6.07, 6.45) is -6.31. The number of aliphatic hydroxyl groups excluding tert-OH is 1. The third-order valence-electron chi connectivity index (χ3n) is 8.45. The number of amides is 4. The molecule has 17 heteroatoms. The van der Waals surface area contributed by atoms with Crippen LogP contribution < -0.4 is 15.8 Å². The van der Waals surface area contributed by atoms with Crippen LogP contribution in [-0.2, 0) is 32.6 Å². The van der Waals surface area contributed by atoms with Crippen molar-refractivity contribution in [3.05, 3.63) is 88.9 Å². The predicted molar refractivity (Wildman–Crippen MR) is 192 cm³/mol. The van der Waals surface area contributed by atoms with Crippen LogP contribution in [0.1, 0.15) is 38.8 Å². The molecule has 1 aliphatic rings. The lowest BCUT2D eigenvalue weighted by molar-refractivity contribution is -0.274. The SMILES string of the molecule is CC(C)CN(C[C@H](O)[C@H](Cc1ccccc1)NC(=O)[C@H](C(C)C)N1CC(=O)N(Cc2cccc(OC(F)(F)F)c2)C1=O)S(=O)(=O)c1ccc(Cl)c(N)c1. The first kappa shape index (κ1) is 41.4. The zero-order valence-corrected chi connectivity index (χ0v) is 31.2. The molecule has 0 aromatic heterocycles. The highest BCUT2D eigenvalue weighted by Crippen LogP contribution is 2.28. The van der Waals surface area contributed by atoms with Crippen LogP contribution in [0.5, 0.6) is 5.75 Å². The maximum absolute atomic E-state index is 14.1. The van der Waals surface area contributed by atoms with Gasteiger partial charge in [-0.3, -0.25) is 14.5 Å². The third-order valence-corrected chi connectivity index (χ3v) is 10.6. The number of nitrogens with one attached hydrogen (secondary N) is 1. The molecule has 1 fully saturated rings. The summed E-state index contributed by atoms with van der Waals surface area (Å²) >= 11 is 6.03. The quantitative estimate of drug-likeness (QED) is 0.135. The number of urea groups is 1. The average molecular weight is 782 g/mol. The van der Waals surface area contributed by atoms with Gasteiger partial charge in [0.25, 0.3) is 5.91 Å². The number of hydrogen-bond donors (Lipinski definition) is 3. The van der Waals surface area contributed by atoms with Crippen LogP contribution in [0.15, 0.2) is 77.7 Å². The number of aliphatic hydroxyl groups is 1. The Bertz CT molecular complexity index is 1880. The number of sulfonamides is 1. The van der Waals surface area contributed by atoms with Crippen molar-refractivity contribution >= 4 is 45.2 Å². The highest BCUT2D eigenvalue weighted by atomic mass is 35.5. The summed E-state index contributed by atoms with van der Waals surface area (Å²) in [4.78, 5) is 42.6. The summed E-state index contributed by atoms with van der Waals surface area (Å²) in [7, 11) is -4.20. The third kappa shape index (κ3) is 10.8. The van der Waals surface area contributed by atoms with Gasteiger partial charge in [0.05, 0.1) is 34.3 Å². The van der Waals surface area contributed by atoms with E-state index >= 15 is 0 Å². The molecule has 4 amide bonds. The van der Waals surface area contributed by atoms with Gasteiger partial charge in [-0.2, -0.15) is 4.31 Å². The number of benzene rings is 3. The van der Waals surface area contributed by atoms with Gasteiger partial charge in [-0.05, 0) is 59.7 Å². The zero-order valence-electron chi connectivity index (χ0n) is 29.6. The zero-order chi connectivity index (χ0) is 39.2. The topological polar surface area (TPSA) is 163 Å². The van der Waals surface area contributed by atoms with Crippen LogP contribution in [0.3, 0.4) is 0 Å². The van der Waals surface area contributed by atoms with E-state index in [1.165, 1.54) is 30.3 Å². The Hall–Kier alpha value is -4.38. The number of nitrogens with two attached hydrogens (primary N) is 1. The van der Waals surface area contributed by atoms with Gasteiger partial charge in [-0.15, -0.1) is 13.2 Å². The van der Waals surface area contributed by atoms with Crippen LogP contribution >= 0.6 is 11.6 Å². The Labute approximate surface area is 311 Å². The van der Waals surface area contributed by atoms with Crippen LogP contribution in [0.4, 0.5) is 23.7 Å². The maximum atomic E-state index is 14.1. The Morgan fingerprint density at radius 3 is 2.26 bits per heavy atom. The van der Waals surface area contributed by atoms with Gasteiger partial charge in [-0.25, -0.2) is 13.2 Å². The molecule has 0 saturated carbocycles. The van der Waals surface area contributed by atoms with E-state index in [1.807, 2.05) is 13.8 Å². The molecule has 0 radical (unpaired) electrons. The predicted octanol–water partition coefficient (Wildman–Crippen LogP) is 5.04. The van der Waals surface area contributed by atoms with Gasteiger partial charge in [0.1, 0.15) is 18.3 Å². The average Bonchev–Trinajstić information content (AvgIpc) is 3.32. The second-order valence-corrected chi connectivity index (χ2v) is 15.9. The van der Waals surface area contributed by atoms with Crippen LogP contribution in [0, 0.1) is 11.8 Å². The van der Waals surface area contributed by atoms with E-state index in [1.54, 1.807) is 44.2 Å². The largest absolute Gasteiger partial charge is 0.573 e. The van der Waals surface area contributed by atoms with Crippen LogP contribution in [0.2, 0.25) is 5.02 Å². The minimum Gasteiger partial charge on any atom is -0.406 e. The number of carbonyl (C=O) groups excluding carboxylic acids is 3. The van der Waals surface area contributed by atoms with Gasteiger partial charge in [0.15, 0.2) is 0 Å². The Balaban J connectivity index is 1.59. The number of imide groups is 1. The van der Waals surface area contributed by atoms with Crippen molar-refractivity contribution in [2.24, 2.45) is 11.8 Å². The van der Waals surface area contributed by atoms with Crippen molar-refractivity contribution in [2.75, 3.05) is 25.4 Å². The molecule has 1 heterocycles. The molecule has 0 bridgehead atoms. The number of nitrogens with zero attached hydrogens (tertiary/aromatic N) is 3. The van der Waals surface area contributed by atoms with E-state index in [4.69, 9.17) is 17.3 Å². The summed E-state index contributed by atoms with van der Waals surface area (Å²) < 4.78 is 71.1. The van der Waals surface area contributed by atoms with Crippen molar-refractivity contribution in [1.29, 1.82) is 0 Å². The molecular formula is C36H43ClF3N5O7S. The van der Waals surface area contributed by atoms with E-state index in [9.17, 15) is 41.1 Å². The number of hydrogen-bond acceptors (Lipinski definition) is 8. The van der Waals surface area contributed by atoms with Gasteiger partial charge < -0.3 is 25.8 Å². The number of ether oxygens (including phenoxy) is 1. The lowest BCUT2D eigenvalue weighted by atomic mass is 9.97. The summed E-state index contributed by atoms with van der Waals surface area (Å²) in [6, 6.07) is 14.6. The molecule has 12 nitrogen and oxygen atoms in total. The van der Waals surface area contributed by atoms with Crippen LogP contribution in [-0.4, -0.2) is 89.7 Å².